The summed E-state index contributed by atoms with van der Waals surface area (Å²) in [4.78, 5) is 8.11. The molecule has 0 radical (unpaired) electrons. The van der Waals surface area contributed by atoms with Crippen LogP contribution in [0.2, 0.25) is 0 Å². The van der Waals surface area contributed by atoms with E-state index in [0.29, 0.717) is 0 Å². The van der Waals surface area contributed by atoms with E-state index < -0.39 is 0 Å². The van der Waals surface area contributed by atoms with E-state index in [2.05, 4.69) is 59.9 Å². The van der Waals surface area contributed by atoms with Gasteiger partial charge in [-0.05, 0) is 50.3 Å². The number of aryl methyl sites for hydroxylation is 1. The maximum atomic E-state index is 5.36. The largest absolute Gasteiger partial charge is 0.377 e. The summed E-state index contributed by atoms with van der Waals surface area (Å²) < 4.78 is 5.36. The lowest BCUT2D eigenvalue weighted by Gasteiger charge is -2.15. The van der Waals surface area contributed by atoms with Crippen molar-refractivity contribution in [3.63, 3.8) is 0 Å². The Hall–Kier alpha value is -1.54. The molecule has 6 heteroatoms. The SMILES string of the molecule is CCNC(=NCCc1c[nH]c2cccc(C)c12)NCCC1=CCOCC1.I. The molecule has 27 heavy (non-hydrogen) atoms. The van der Waals surface area contributed by atoms with Crippen LogP contribution >= 0.6 is 24.0 Å². The van der Waals surface area contributed by atoms with Crippen LogP contribution in [0.25, 0.3) is 10.9 Å². The monoisotopic (exact) mass is 482 g/mol. The van der Waals surface area contributed by atoms with Gasteiger partial charge in [-0.2, -0.15) is 0 Å². The molecule has 1 aliphatic rings. The van der Waals surface area contributed by atoms with Crippen LogP contribution in [0.15, 0.2) is 41.0 Å². The fourth-order valence-electron chi connectivity index (χ4n) is 3.41. The molecule has 2 heterocycles. The molecule has 148 valence electrons. The van der Waals surface area contributed by atoms with Crippen molar-refractivity contribution < 1.29 is 4.74 Å². The van der Waals surface area contributed by atoms with E-state index in [1.54, 1.807) is 0 Å². The van der Waals surface area contributed by atoms with Gasteiger partial charge < -0.3 is 20.4 Å². The summed E-state index contributed by atoms with van der Waals surface area (Å²) in [7, 11) is 0. The zero-order chi connectivity index (χ0) is 18.2. The molecule has 3 N–H and O–H groups in total. The first kappa shape index (κ1) is 21.8. The number of H-pyrrole nitrogens is 1. The highest BCUT2D eigenvalue weighted by atomic mass is 127. The maximum Gasteiger partial charge on any atom is 0.191 e. The summed E-state index contributed by atoms with van der Waals surface area (Å²) >= 11 is 0. The first-order chi connectivity index (χ1) is 12.8. The average molecular weight is 482 g/mol. The van der Waals surface area contributed by atoms with Crippen LogP contribution in [0, 0.1) is 6.92 Å². The maximum absolute atomic E-state index is 5.36. The summed E-state index contributed by atoms with van der Waals surface area (Å²) in [6.07, 6.45) is 7.36. The van der Waals surface area contributed by atoms with Crippen molar-refractivity contribution in [2.45, 2.75) is 33.1 Å². The summed E-state index contributed by atoms with van der Waals surface area (Å²) in [5.74, 6) is 0.900. The lowest BCUT2D eigenvalue weighted by molar-refractivity contribution is 0.153. The van der Waals surface area contributed by atoms with Gasteiger partial charge in [-0.1, -0.05) is 23.8 Å². The van der Waals surface area contributed by atoms with Crippen LogP contribution in [0.3, 0.4) is 0 Å². The molecule has 0 bridgehead atoms. The third-order valence-electron chi connectivity index (χ3n) is 4.79. The van der Waals surface area contributed by atoms with E-state index in [0.717, 1.165) is 58.1 Å². The zero-order valence-corrected chi connectivity index (χ0v) is 18.6. The Bertz CT molecular complexity index is 782. The molecule has 0 fully saturated rings. The number of aromatic amines is 1. The number of rotatable bonds is 7. The van der Waals surface area contributed by atoms with E-state index >= 15 is 0 Å². The van der Waals surface area contributed by atoms with Crippen molar-refractivity contribution in [3.8, 4) is 0 Å². The van der Waals surface area contributed by atoms with Crippen LogP contribution in [0.1, 0.15) is 30.9 Å². The van der Waals surface area contributed by atoms with Gasteiger partial charge in [-0.3, -0.25) is 4.99 Å². The van der Waals surface area contributed by atoms with Gasteiger partial charge in [0.1, 0.15) is 0 Å². The molecule has 0 saturated heterocycles. The molecule has 1 aromatic heterocycles. The minimum Gasteiger partial charge on any atom is -0.377 e. The van der Waals surface area contributed by atoms with Gasteiger partial charge in [-0.25, -0.2) is 0 Å². The van der Waals surface area contributed by atoms with Gasteiger partial charge in [0.15, 0.2) is 5.96 Å². The topological polar surface area (TPSA) is 61.4 Å². The van der Waals surface area contributed by atoms with Crippen molar-refractivity contribution in [2.24, 2.45) is 4.99 Å². The van der Waals surface area contributed by atoms with Crippen molar-refractivity contribution in [1.82, 2.24) is 15.6 Å². The van der Waals surface area contributed by atoms with Crippen LogP contribution in [-0.2, 0) is 11.2 Å². The predicted octanol–water partition coefficient (Wildman–Crippen LogP) is 3.93. The lowest BCUT2D eigenvalue weighted by Crippen LogP contribution is -2.38. The Morgan fingerprint density at radius 2 is 2.15 bits per heavy atom. The second kappa shape index (κ2) is 11.3. The third-order valence-corrected chi connectivity index (χ3v) is 4.79. The molecule has 2 aromatic rings. The van der Waals surface area contributed by atoms with Gasteiger partial charge in [0.2, 0.25) is 0 Å². The second-order valence-electron chi connectivity index (χ2n) is 6.69. The number of fused-ring (bicyclic) bond motifs is 1. The number of aliphatic imine (C=N–C) groups is 1. The van der Waals surface area contributed by atoms with Gasteiger partial charge >= 0.3 is 0 Å². The quantitative estimate of drug-likeness (QED) is 0.243. The third kappa shape index (κ3) is 6.24. The predicted molar refractivity (Wildman–Crippen MR) is 124 cm³/mol. The molecule has 0 aliphatic carbocycles. The average Bonchev–Trinajstić information content (AvgIpc) is 3.07. The highest BCUT2D eigenvalue weighted by Crippen LogP contribution is 2.22. The molecule has 0 saturated carbocycles. The van der Waals surface area contributed by atoms with Crippen molar-refractivity contribution in [2.75, 3.05) is 32.8 Å². The minimum absolute atomic E-state index is 0. The Kier molecular flexibility index (Phi) is 9.14. The van der Waals surface area contributed by atoms with Crippen molar-refractivity contribution in [1.29, 1.82) is 0 Å². The summed E-state index contributed by atoms with van der Waals surface area (Å²) in [5, 5.41) is 8.12. The number of benzene rings is 1. The first-order valence-electron chi connectivity index (χ1n) is 9.61. The molecular weight excluding hydrogens is 451 g/mol. The number of guanidine groups is 1. The highest BCUT2D eigenvalue weighted by molar-refractivity contribution is 14.0. The molecule has 0 spiro atoms. The second-order valence-corrected chi connectivity index (χ2v) is 6.69. The molecule has 5 nitrogen and oxygen atoms in total. The fraction of sp³-hybridized carbons (Fsp3) is 0.476. The van der Waals surface area contributed by atoms with Crippen LogP contribution < -0.4 is 10.6 Å². The lowest BCUT2D eigenvalue weighted by atomic mass is 10.1. The molecule has 3 rings (SSSR count). The molecule has 1 aromatic carbocycles. The number of halogens is 1. The van der Waals surface area contributed by atoms with Gasteiger partial charge in [0, 0.05) is 36.7 Å². The Morgan fingerprint density at radius 1 is 1.26 bits per heavy atom. The smallest absolute Gasteiger partial charge is 0.191 e. The number of hydrogen-bond acceptors (Lipinski definition) is 2. The van der Waals surface area contributed by atoms with Gasteiger partial charge in [0.05, 0.1) is 13.2 Å². The van der Waals surface area contributed by atoms with Gasteiger partial charge in [-0.15, -0.1) is 24.0 Å². The van der Waals surface area contributed by atoms with Crippen LogP contribution in [0.5, 0.6) is 0 Å². The van der Waals surface area contributed by atoms with Crippen LogP contribution in [0.4, 0.5) is 0 Å². The fourth-order valence-corrected chi connectivity index (χ4v) is 3.41. The molecule has 0 amide bonds. The number of hydrogen-bond donors (Lipinski definition) is 3. The first-order valence-corrected chi connectivity index (χ1v) is 9.61. The van der Waals surface area contributed by atoms with Crippen LogP contribution in [-0.4, -0.2) is 43.8 Å². The van der Waals surface area contributed by atoms with E-state index in [1.807, 2.05) is 0 Å². The van der Waals surface area contributed by atoms with E-state index in [1.165, 1.54) is 27.6 Å². The summed E-state index contributed by atoms with van der Waals surface area (Å²) in [6, 6.07) is 6.39. The Morgan fingerprint density at radius 3 is 2.93 bits per heavy atom. The van der Waals surface area contributed by atoms with Crippen molar-refractivity contribution in [3.05, 3.63) is 47.2 Å². The van der Waals surface area contributed by atoms with E-state index in [9.17, 15) is 0 Å². The summed E-state index contributed by atoms with van der Waals surface area (Å²) in [6.45, 7) is 8.42. The Labute approximate surface area is 179 Å². The van der Waals surface area contributed by atoms with E-state index in [4.69, 9.17) is 9.73 Å². The normalized spacial score (nSPS) is 14.6. The highest BCUT2D eigenvalue weighted by Gasteiger charge is 2.07. The zero-order valence-electron chi connectivity index (χ0n) is 16.3. The minimum atomic E-state index is 0. The number of aromatic nitrogens is 1. The Balaban J connectivity index is 0.00000261. The summed E-state index contributed by atoms with van der Waals surface area (Å²) in [5.41, 5.74) is 5.34. The molecule has 1 aliphatic heterocycles. The van der Waals surface area contributed by atoms with Gasteiger partial charge in [0.25, 0.3) is 0 Å². The number of nitrogens with one attached hydrogen (secondary N) is 3. The molecule has 0 unspecified atom stereocenters. The van der Waals surface area contributed by atoms with Crippen molar-refractivity contribution >= 4 is 40.8 Å². The molecule has 0 atom stereocenters. The van der Waals surface area contributed by atoms with E-state index in [-0.39, 0.29) is 24.0 Å². The number of ether oxygens (including phenoxy) is 1. The standard InChI is InChI=1S/C21H30N4O.HI/c1-3-22-21(23-11-7-17-9-13-26-14-10-17)24-12-8-18-15-25-19-6-4-5-16(2)20(18)19;/h4-6,9,15,25H,3,7-8,10-14H2,1-2H3,(H2,22,23,24);1H. The number of nitrogens with zero attached hydrogens (tertiary/aromatic N) is 1. The molecular formula is C21H31IN4O.